The van der Waals surface area contributed by atoms with Gasteiger partial charge in [-0.25, -0.2) is 0 Å². The van der Waals surface area contributed by atoms with Crippen LogP contribution in [0.3, 0.4) is 0 Å². The van der Waals surface area contributed by atoms with Crippen LogP contribution >= 0.6 is 0 Å². The number of carbonyl (C=O) groups excluding carboxylic acids is 2. The van der Waals surface area contributed by atoms with Gasteiger partial charge in [-0.15, -0.1) is 0 Å². The molecule has 0 radical (unpaired) electrons. The minimum absolute atomic E-state index is 0.0158. The Morgan fingerprint density at radius 3 is 2.19 bits per heavy atom. The van der Waals surface area contributed by atoms with Gasteiger partial charge in [-0.05, 0) is 13.3 Å². The molecule has 0 aliphatic carbocycles. The van der Waals surface area contributed by atoms with Crippen molar-refractivity contribution < 1.29 is 27.5 Å². The molecule has 0 spiro atoms. The quantitative estimate of drug-likeness (QED) is 0.525. The molecule has 8 nitrogen and oxygen atoms in total. The second-order valence-electron chi connectivity index (χ2n) is 4.29. The molecule has 9 heteroatoms. The lowest BCUT2D eigenvalue weighted by Crippen LogP contribution is -2.45. The molecule has 124 valence electrons. The molecule has 0 fully saturated rings. The van der Waals surface area contributed by atoms with Crippen molar-refractivity contribution in [3.8, 4) is 0 Å². The Labute approximate surface area is 126 Å². The minimum atomic E-state index is -3.82. The molecule has 0 N–H and O–H groups in total. The van der Waals surface area contributed by atoms with E-state index in [9.17, 15) is 18.0 Å². The summed E-state index contributed by atoms with van der Waals surface area (Å²) >= 11 is 0. The maximum atomic E-state index is 12.4. The van der Waals surface area contributed by atoms with E-state index in [0.717, 1.165) is 8.61 Å². The Morgan fingerprint density at radius 1 is 1.10 bits per heavy atom. The van der Waals surface area contributed by atoms with Gasteiger partial charge < -0.3 is 9.47 Å². The zero-order chi connectivity index (χ0) is 16.5. The molecule has 0 aromatic carbocycles. The van der Waals surface area contributed by atoms with Gasteiger partial charge in [-0.3, -0.25) is 9.59 Å². The van der Waals surface area contributed by atoms with Gasteiger partial charge in [0, 0.05) is 20.1 Å². The van der Waals surface area contributed by atoms with E-state index in [1.807, 2.05) is 6.92 Å². The lowest BCUT2D eigenvalue weighted by Gasteiger charge is -2.26. The van der Waals surface area contributed by atoms with Crippen LogP contribution in [0.15, 0.2) is 0 Å². The highest BCUT2D eigenvalue weighted by molar-refractivity contribution is 7.86. The Hall–Kier alpha value is -1.19. The predicted molar refractivity (Wildman–Crippen MR) is 76.7 cm³/mol. The first kappa shape index (κ1) is 19.8. The topological polar surface area (TPSA) is 93.2 Å². The largest absolute Gasteiger partial charge is 0.469 e. The van der Waals surface area contributed by atoms with Crippen molar-refractivity contribution >= 4 is 22.1 Å². The predicted octanol–water partition coefficient (Wildman–Crippen LogP) is 0.00120. The van der Waals surface area contributed by atoms with E-state index in [4.69, 9.17) is 4.74 Å². The Morgan fingerprint density at radius 2 is 1.71 bits per heavy atom. The van der Waals surface area contributed by atoms with E-state index in [2.05, 4.69) is 4.74 Å². The Kier molecular flexibility index (Phi) is 9.14. The van der Waals surface area contributed by atoms with Gasteiger partial charge in [0.25, 0.3) is 10.2 Å². The molecule has 0 atom stereocenters. The van der Waals surface area contributed by atoms with Crippen LogP contribution in [0.5, 0.6) is 0 Å². The van der Waals surface area contributed by atoms with Crippen LogP contribution in [-0.2, 0) is 29.3 Å². The van der Waals surface area contributed by atoms with Gasteiger partial charge in [0.15, 0.2) is 0 Å². The first-order valence-electron chi connectivity index (χ1n) is 6.73. The third-order valence-corrected chi connectivity index (χ3v) is 4.60. The molecule has 0 rings (SSSR count). The summed E-state index contributed by atoms with van der Waals surface area (Å²) in [6.45, 7) is 3.49. The molecule has 0 saturated heterocycles. The molecule has 0 bridgehead atoms. The normalized spacial score (nSPS) is 11.7. The van der Waals surface area contributed by atoms with Crippen molar-refractivity contribution in [2.24, 2.45) is 0 Å². The van der Waals surface area contributed by atoms with Crippen LogP contribution in [0.25, 0.3) is 0 Å². The van der Waals surface area contributed by atoms with Gasteiger partial charge >= 0.3 is 11.9 Å². The molecule has 0 heterocycles. The monoisotopic (exact) mass is 324 g/mol. The standard InChI is InChI=1S/C12H24N2O6S/c1-5-8-14(10-12(16)20-6-2)21(17,18)13(3)9-7-11(15)19-4/h5-10H2,1-4H3. The second kappa shape index (κ2) is 9.69. The molecule has 0 aromatic rings. The average molecular weight is 324 g/mol. The van der Waals surface area contributed by atoms with Crippen molar-refractivity contribution in [3.05, 3.63) is 0 Å². The third-order valence-electron chi connectivity index (χ3n) is 2.66. The van der Waals surface area contributed by atoms with E-state index in [1.165, 1.54) is 14.2 Å². The molecule has 0 unspecified atom stereocenters. The second-order valence-corrected chi connectivity index (χ2v) is 6.33. The molecular formula is C12H24N2O6S. The number of carbonyl (C=O) groups is 2. The van der Waals surface area contributed by atoms with Gasteiger partial charge in [0.05, 0.1) is 20.1 Å². The van der Waals surface area contributed by atoms with Gasteiger partial charge in [-0.2, -0.15) is 17.0 Å². The van der Waals surface area contributed by atoms with E-state index in [1.54, 1.807) is 6.92 Å². The van der Waals surface area contributed by atoms with Crippen LogP contribution < -0.4 is 0 Å². The summed E-state index contributed by atoms with van der Waals surface area (Å²) in [6, 6.07) is 0. The number of nitrogens with zero attached hydrogens (tertiary/aromatic N) is 2. The molecule has 0 amide bonds. The fourth-order valence-electron chi connectivity index (χ4n) is 1.54. The van der Waals surface area contributed by atoms with E-state index in [-0.39, 0.29) is 32.7 Å². The molecule has 21 heavy (non-hydrogen) atoms. The first-order chi connectivity index (χ1) is 9.79. The minimum Gasteiger partial charge on any atom is -0.469 e. The number of rotatable bonds is 10. The SMILES string of the molecule is CCCN(CC(=O)OCC)S(=O)(=O)N(C)CCC(=O)OC. The summed E-state index contributed by atoms with van der Waals surface area (Å²) in [5.41, 5.74) is 0. The van der Waals surface area contributed by atoms with Crippen LogP contribution in [0.4, 0.5) is 0 Å². The zero-order valence-corrected chi connectivity index (χ0v) is 13.8. The van der Waals surface area contributed by atoms with Crippen molar-refractivity contribution in [1.29, 1.82) is 0 Å². The first-order valence-corrected chi connectivity index (χ1v) is 8.13. The van der Waals surface area contributed by atoms with E-state index >= 15 is 0 Å². The highest BCUT2D eigenvalue weighted by Crippen LogP contribution is 2.08. The summed E-state index contributed by atoms with van der Waals surface area (Å²) in [7, 11) is -1.23. The van der Waals surface area contributed by atoms with Gasteiger partial charge in [0.1, 0.15) is 6.54 Å². The Balaban J connectivity index is 4.83. The molecular weight excluding hydrogens is 300 g/mol. The maximum Gasteiger partial charge on any atom is 0.321 e. The van der Waals surface area contributed by atoms with E-state index < -0.39 is 22.1 Å². The number of hydrogen-bond donors (Lipinski definition) is 0. The van der Waals surface area contributed by atoms with Crippen molar-refractivity contribution in [3.63, 3.8) is 0 Å². The number of methoxy groups -OCH3 is 1. The van der Waals surface area contributed by atoms with Gasteiger partial charge in [-0.1, -0.05) is 6.92 Å². The fourth-order valence-corrected chi connectivity index (χ4v) is 2.94. The maximum absolute atomic E-state index is 12.4. The highest BCUT2D eigenvalue weighted by atomic mass is 32.2. The van der Waals surface area contributed by atoms with Crippen molar-refractivity contribution in [2.75, 3.05) is 40.4 Å². The third kappa shape index (κ3) is 6.87. The molecule has 0 aromatic heterocycles. The Bertz CT molecular complexity index is 437. The molecule has 0 aliphatic rings. The van der Waals surface area contributed by atoms with Crippen LogP contribution in [0, 0.1) is 0 Å². The number of esters is 2. The lowest BCUT2D eigenvalue weighted by atomic mass is 10.4. The molecule has 0 aliphatic heterocycles. The van der Waals surface area contributed by atoms with Crippen LogP contribution in [0.1, 0.15) is 26.7 Å². The van der Waals surface area contributed by atoms with Crippen molar-refractivity contribution in [2.45, 2.75) is 26.7 Å². The summed E-state index contributed by atoms with van der Waals surface area (Å²) < 4.78 is 36.0. The number of ether oxygens (including phenoxy) is 2. The smallest absolute Gasteiger partial charge is 0.321 e. The summed E-state index contributed by atoms with van der Waals surface area (Å²) in [5.74, 6) is -1.10. The highest BCUT2D eigenvalue weighted by Gasteiger charge is 2.28. The summed E-state index contributed by atoms with van der Waals surface area (Å²) in [5, 5.41) is 0. The summed E-state index contributed by atoms with van der Waals surface area (Å²) in [4.78, 5) is 22.6. The fraction of sp³-hybridized carbons (Fsp3) is 0.833. The van der Waals surface area contributed by atoms with Crippen LogP contribution in [-0.4, -0.2) is 69.4 Å². The average Bonchev–Trinajstić information content (AvgIpc) is 2.43. The number of hydrogen-bond acceptors (Lipinski definition) is 6. The van der Waals surface area contributed by atoms with E-state index in [0.29, 0.717) is 6.42 Å². The van der Waals surface area contributed by atoms with Crippen molar-refractivity contribution in [1.82, 2.24) is 8.61 Å². The lowest BCUT2D eigenvalue weighted by molar-refractivity contribution is -0.143. The zero-order valence-electron chi connectivity index (χ0n) is 13.0. The van der Waals surface area contributed by atoms with Gasteiger partial charge in [0.2, 0.25) is 0 Å². The summed E-state index contributed by atoms with van der Waals surface area (Å²) in [6.07, 6.45) is 0.509. The van der Waals surface area contributed by atoms with Crippen LogP contribution in [0.2, 0.25) is 0 Å². The molecule has 0 saturated carbocycles.